The minimum Gasteiger partial charge on any atom is -0.475 e. The van der Waals surface area contributed by atoms with E-state index < -0.39 is 5.97 Å². The fourth-order valence-corrected chi connectivity index (χ4v) is 3.17. The number of hydrogen-bond acceptors (Lipinski definition) is 4. The van der Waals surface area contributed by atoms with Crippen LogP contribution in [0, 0.1) is 5.41 Å². The molecule has 3 rings (SSSR count). The van der Waals surface area contributed by atoms with Gasteiger partial charge in [0, 0.05) is 30.5 Å². The molecule has 1 saturated carbocycles. The number of aromatic carboxylic acids is 1. The Morgan fingerprint density at radius 1 is 1.43 bits per heavy atom. The number of carboxylic acids is 1. The second-order valence-corrected chi connectivity index (χ2v) is 6.12. The van der Waals surface area contributed by atoms with Gasteiger partial charge in [-0.15, -0.1) is 0 Å². The number of rotatable bonds is 4. The van der Waals surface area contributed by atoms with Crippen LogP contribution >= 0.6 is 0 Å². The molecule has 0 spiro atoms. The Bertz CT molecular complexity index is 554. The van der Waals surface area contributed by atoms with Gasteiger partial charge < -0.3 is 14.5 Å². The van der Waals surface area contributed by atoms with Gasteiger partial charge in [0.05, 0.1) is 5.69 Å². The lowest BCUT2D eigenvalue weighted by Gasteiger charge is -2.33. The zero-order valence-electron chi connectivity index (χ0n) is 12.2. The van der Waals surface area contributed by atoms with Crippen LogP contribution in [0.15, 0.2) is 10.6 Å². The van der Waals surface area contributed by atoms with Crippen LogP contribution in [-0.4, -0.2) is 40.1 Å². The smallest absolute Gasteiger partial charge is 0.374 e. The maximum Gasteiger partial charge on any atom is 0.374 e. The van der Waals surface area contributed by atoms with Gasteiger partial charge in [0.1, 0.15) is 0 Å². The highest BCUT2D eigenvalue weighted by atomic mass is 16.5. The van der Waals surface area contributed by atoms with E-state index in [9.17, 15) is 9.59 Å². The predicted molar refractivity (Wildman–Crippen MR) is 74.0 cm³/mol. The molecule has 114 valence electrons. The fraction of sp³-hybridized carbons (Fsp3) is 0.667. The van der Waals surface area contributed by atoms with Crippen LogP contribution < -0.4 is 0 Å². The Morgan fingerprint density at radius 3 is 2.57 bits per heavy atom. The number of nitrogens with zero attached hydrogens (tertiary/aromatic N) is 2. The number of aromatic nitrogens is 1. The van der Waals surface area contributed by atoms with Crippen molar-refractivity contribution in [3.63, 3.8) is 0 Å². The lowest BCUT2D eigenvalue weighted by molar-refractivity contribution is -0.138. The molecule has 1 aromatic rings. The number of hydrogen-bond donors (Lipinski definition) is 1. The minimum absolute atomic E-state index is 0.0722. The quantitative estimate of drug-likeness (QED) is 0.920. The number of carboxylic acid groups (broad SMARTS) is 1. The largest absolute Gasteiger partial charge is 0.475 e. The molecule has 1 aromatic heterocycles. The zero-order valence-corrected chi connectivity index (χ0v) is 12.2. The van der Waals surface area contributed by atoms with Gasteiger partial charge in [0.15, 0.2) is 0 Å². The van der Waals surface area contributed by atoms with E-state index in [1.807, 2.05) is 4.90 Å². The van der Waals surface area contributed by atoms with Gasteiger partial charge >= 0.3 is 5.97 Å². The molecule has 2 aliphatic rings. The third-order valence-corrected chi connectivity index (χ3v) is 4.92. The molecule has 21 heavy (non-hydrogen) atoms. The van der Waals surface area contributed by atoms with E-state index in [4.69, 9.17) is 9.63 Å². The number of amides is 1. The molecule has 6 heteroatoms. The van der Waals surface area contributed by atoms with Gasteiger partial charge in [-0.1, -0.05) is 12.1 Å². The molecule has 6 nitrogen and oxygen atoms in total. The fourth-order valence-electron chi connectivity index (χ4n) is 3.17. The topological polar surface area (TPSA) is 83.6 Å². The number of likely N-dealkylation sites (tertiary alicyclic amines) is 1. The molecule has 2 heterocycles. The average Bonchev–Trinajstić information content (AvgIpc) is 3.14. The molecule has 1 N–H and O–H groups in total. The molecule has 0 radical (unpaired) electrons. The molecule has 1 aliphatic carbocycles. The Hall–Kier alpha value is -1.85. The Morgan fingerprint density at radius 2 is 2.10 bits per heavy atom. The Labute approximate surface area is 123 Å². The summed E-state index contributed by atoms with van der Waals surface area (Å²) >= 11 is 0. The van der Waals surface area contributed by atoms with Gasteiger partial charge in [-0.2, -0.15) is 0 Å². The van der Waals surface area contributed by atoms with Crippen molar-refractivity contribution < 1.29 is 19.2 Å². The van der Waals surface area contributed by atoms with Gasteiger partial charge in [-0.05, 0) is 32.1 Å². The van der Waals surface area contributed by atoms with Crippen LogP contribution in [0.5, 0.6) is 0 Å². The van der Waals surface area contributed by atoms with Crippen molar-refractivity contribution in [2.75, 3.05) is 13.1 Å². The van der Waals surface area contributed by atoms with E-state index in [1.54, 1.807) is 0 Å². The summed E-state index contributed by atoms with van der Waals surface area (Å²) in [6.45, 7) is 3.53. The van der Waals surface area contributed by atoms with Crippen molar-refractivity contribution in [3.05, 3.63) is 17.5 Å². The van der Waals surface area contributed by atoms with Gasteiger partial charge in [0.25, 0.3) is 0 Å². The minimum atomic E-state index is -1.10. The van der Waals surface area contributed by atoms with E-state index in [-0.39, 0.29) is 17.1 Å². The van der Waals surface area contributed by atoms with Crippen molar-refractivity contribution in [1.82, 2.24) is 10.1 Å². The van der Waals surface area contributed by atoms with Crippen LogP contribution in [0.2, 0.25) is 0 Å². The predicted octanol–water partition coefficient (Wildman–Crippen LogP) is 2.27. The van der Waals surface area contributed by atoms with E-state index in [0.29, 0.717) is 11.6 Å². The monoisotopic (exact) mass is 292 g/mol. The summed E-state index contributed by atoms with van der Waals surface area (Å²) in [5, 5.41) is 12.7. The lowest BCUT2D eigenvalue weighted by atomic mass is 9.91. The molecular formula is C15H20N2O4. The van der Waals surface area contributed by atoms with Gasteiger partial charge in [-0.25, -0.2) is 4.79 Å². The van der Waals surface area contributed by atoms with Crippen molar-refractivity contribution in [2.45, 2.75) is 44.9 Å². The van der Waals surface area contributed by atoms with Crippen molar-refractivity contribution >= 4 is 11.9 Å². The van der Waals surface area contributed by atoms with Crippen LogP contribution in [0.3, 0.4) is 0 Å². The maximum absolute atomic E-state index is 12.5. The summed E-state index contributed by atoms with van der Waals surface area (Å²) in [5.41, 5.74) is 0.619. The average molecular weight is 292 g/mol. The normalized spacial score (nSPS) is 21.3. The molecule has 2 fully saturated rings. The SMILES string of the molecule is CCC1(C(=O)N2CCC(c3cc(C(=O)O)on3)CC2)CC1. The molecule has 0 atom stereocenters. The first-order valence-electron chi connectivity index (χ1n) is 7.55. The van der Waals surface area contributed by atoms with Crippen molar-refractivity contribution in [1.29, 1.82) is 0 Å². The first-order chi connectivity index (χ1) is 10.1. The van der Waals surface area contributed by atoms with Crippen LogP contribution in [0.1, 0.15) is 61.2 Å². The number of carbonyl (C=O) groups excluding carboxylic acids is 1. The van der Waals surface area contributed by atoms with Gasteiger partial charge in [-0.3, -0.25) is 4.79 Å². The molecule has 0 unspecified atom stereocenters. The first-order valence-corrected chi connectivity index (χ1v) is 7.55. The number of carbonyl (C=O) groups is 2. The van der Waals surface area contributed by atoms with Crippen molar-refractivity contribution in [2.24, 2.45) is 5.41 Å². The lowest BCUT2D eigenvalue weighted by Crippen LogP contribution is -2.42. The molecular weight excluding hydrogens is 272 g/mol. The zero-order chi connectivity index (χ0) is 15.0. The number of piperidine rings is 1. The molecule has 1 aliphatic heterocycles. The second-order valence-electron chi connectivity index (χ2n) is 6.12. The van der Waals surface area contributed by atoms with Crippen LogP contribution in [-0.2, 0) is 4.79 Å². The van der Waals surface area contributed by atoms with Crippen LogP contribution in [0.4, 0.5) is 0 Å². The highest BCUT2D eigenvalue weighted by Crippen LogP contribution is 2.50. The Balaban J connectivity index is 1.60. The van der Waals surface area contributed by atoms with E-state index in [1.165, 1.54) is 6.07 Å². The molecule has 0 bridgehead atoms. The standard InChI is InChI=1S/C15H20N2O4/c1-2-15(5-6-15)14(20)17-7-3-10(4-8-17)11-9-12(13(18)19)21-16-11/h9-10H,2-8H2,1H3,(H,18,19). The maximum atomic E-state index is 12.5. The first kappa shape index (κ1) is 14.1. The summed E-state index contributed by atoms with van der Waals surface area (Å²) in [5.74, 6) is -0.732. The molecule has 1 saturated heterocycles. The van der Waals surface area contributed by atoms with Crippen molar-refractivity contribution in [3.8, 4) is 0 Å². The van der Waals surface area contributed by atoms with Crippen LogP contribution in [0.25, 0.3) is 0 Å². The highest BCUT2D eigenvalue weighted by molar-refractivity contribution is 5.85. The third kappa shape index (κ3) is 2.54. The third-order valence-electron chi connectivity index (χ3n) is 4.92. The summed E-state index contributed by atoms with van der Waals surface area (Å²) in [7, 11) is 0. The summed E-state index contributed by atoms with van der Waals surface area (Å²) in [6, 6.07) is 1.50. The molecule has 0 aromatic carbocycles. The highest BCUT2D eigenvalue weighted by Gasteiger charge is 2.50. The summed E-state index contributed by atoms with van der Waals surface area (Å²) in [4.78, 5) is 25.2. The summed E-state index contributed by atoms with van der Waals surface area (Å²) in [6.07, 6.45) is 4.60. The summed E-state index contributed by atoms with van der Waals surface area (Å²) < 4.78 is 4.81. The van der Waals surface area contributed by atoms with E-state index in [2.05, 4.69) is 12.1 Å². The second kappa shape index (κ2) is 5.16. The molecule has 1 amide bonds. The van der Waals surface area contributed by atoms with Gasteiger partial charge in [0.2, 0.25) is 11.7 Å². The van der Waals surface area contributed by atoms with E-state index >= 15 is 0 Å². The Kier molecular flexibility index (Phi) is 3.47. The van der Waals surface area contributed by atoms with E-state index in [0.717, 1.165) is 45.2 Å².